The lowest BCUT2D eigenvalue weighted by Crippen LogP contribution is -2.05. The van der Waals surface area contributed by atoms with Crippen LogP contribution in [-0.2, 0) is 4.79 Å². The van der Waals surface area contributed by atoms with Gasteiger partial charge in [-0.15, -0.1) is 0 Å². The molecule has 0 aliphatic carbocycles. The van der Waals surface area contributed by atoms with Crippen LogP contribution < -0.4 is 0 Å². The maximum Gasteiger partial charge on any atom is 0.119 e. The van der Waals surface area contributed by atoms with Gasteiger partial charge in [0.1, 0.15) is 6.29 Å². The molecule has 13 heavy (non-hydrogen) atoms. The summed E-state index contributed by atoms with van der Waals surface area (Å²) in [6.45, 7) is 2.18. The number of aldehydes is 1. The van der Waals surface area contributed by atoms with E-state index in [2.05, 4.69) is 6.92 Å². The lowest BCUT2D eigenvalue weighted by molar-refractivity contribution is -0.108. The molecule has 0 radical (unpaired) electrons. The van der Waals surface area contributed by atoms with Crippen molar-refractivity contribution in [3.63, 3.8) is 0 Å². The van der Waals surface area contributed by atoms with Gasteiger partial charge in [0.05, 0.1) is 6.10 Å². The van der Waals surface area contributed by atoms with Crippen LogP contribution in [0.1, 0.15) is 58.3 Å². The molecule has 0 aromatic heterocycles. The summed E-state index contributed by atoms with van der Waals surface area (Å²) in [5, 5.41) is 9.46. The van der Waals surface area contributed by atoms with Crippen molar-refractivity contribution in [1.29, 1.82) is 0 Å². The van der Waals surface area contributed by atoms with Crippen molar-refractivity contribution in [2.75, 3.05) is 0 Å². The Hall–Kier alpha value is -0.370. The van der Waals surface area contributed by atoms with E-state index in [1.807, 2.05) is 0 Å². The second-order valence-corrected chi connectivity index (χ2v) is 3.60. The minimum Gasteiger partial charge on any atom is -0.393 e. The normalized spacial score (nSPS) is 12.8. The van der Waals surface area contributed by atoms with Gasteiger partial charge >= 0.3 is 0 Å². The van der Waals surface area contributed by atoms with Crippen molar-refractivity contribution < 1.29 is 9.90 Å². The molecule has 0 bridgehead atoms. The maximum absolute atomic E-state index is 10.0. The molecule has 0 amide bonds. The van der Waals surface area contributed by atoms with Gasteiger partial charge in [-0.1, -0.05) is 32.6 Å². The Labute approximate surface area is 81.3 Å². The van der Waals surface area contributed by atoms with Gasteiger partial charge in [-0.25, -0.2) is 0 Å². The zero-order valence-corrected chi connectivity index (χ0v) is 8.67. The van der Waals surface area contributed by atoms with E-state index in [9.17, 15) is 9.90 Å². The molecule has 0 spiro atoms. The molecule has 0 aliphatic heterocycles. The number of hydrogen-bond donors (Lipinski definition) is 1. The Morgan fingerprint density at radius 1 is 1.15 bits per heavy atom. The Morgan fingerprint density at radius 2 is 1.85 bits per heavy atom. The Balaban J connectivity index is 3.09. The van der Waals surface area contributed by atoms with Crippen LogP contribution in [0.4, 0.5) is 0 Å². The number of carbonyl (C=O) groups excluding carboxylic acids is 1. The molecule has 0 aliphatic rings. The van der Waals surface area contributed by atoms with Gasteiger partial charge in [0.25, 0.3) is 0 Å². The molecule has 1 unspecified atom stereocenters. The van der Waals surface area contributed by atoms with E-state index in [0.29, 0.717) is 6.42 Å². The van der Waals surface area contributed by atoms with Crippen LogP contribution in [-0.4, -0.2) is 17.5 Å². The fourth-order valence-corrected chi connectivity index (χ4v) is 1.39. The minimum atomic E-state index is -0.184. The highest BCUT2D eigenvalue weighted by Gasteiger charge is 2.02. The van der Waals surface area contributed by atoms with Crippen molar-refractivity contribution >= 4 is 6.29 Å². The summed E-state index contributed by atoms with van der Waals surface area (Å²) >= 11 is 0. The molecule has 0 aromatic rings. The molecule has 0 rings (SSSR count). The van der Waals surface area contributed by atoms with Gasteiger partial charge in [-0.2, -0.15) is 0 Å². The van der Waals surface area contributed by atoms with Crippen LogP contribution in [0.2, 0.25) is 0 Å². The zero-order valence-electron chi connectivity index (χ0n) is 8.67. The third kappa shape index (κ3) is 9.54. The highest BCUT2D eigenvalue weighted by molar-refractivity contribution is 5.48. The van der Waals surface area contributed by atoms with Gasteiger partial charge in [0.2, 0.25) is 0 Å². The fraction of sp³-hybridized carbons (Fsp3) is 0.909. The van der Waals surface area contributed by atoms with Crippen molar-refractivity contribution in [3.8, 4) is 0 Å². The topological polar surface area (TPSA) is 37.3 Å². The Bertz CT molecular complexity index is 113. The second kappa shape index (κ2) is 9.72. The third-order valence-corrected chi connectivity index (χ3v) is 2.25. The lowest BCUT2D eigenvalue weighted by Gasteiger charge is -2.08. The van der Waals surface area contributed by atoms with E-state index < -0.39 is 0 Å². The molecule has 0 heterocycles. The summed E-state index contributed by atoms with van der Waals surface area (Å²) in [4.78, 5) is 10.0. The molecule has 0 fully saturated rings. The fourth-order valence-electron chi connectivity index (χ4n) is 1.39. The number of hydrogen-bond acceptors (Lipinski definition) is 2. The predicted molar refractivity (Wildman–Crippen MR) is 54.7 cm³/mol. The predicted octanol–water partition coefficient (Wildman–Crippen LogP) is 2.69. The van der Waals surface area contributed by atoms with Gasteiger partial charge in [-0.05, 0) is 19.3 Å². The molecule has 1 N–H and O–H groups in total. The highest BCUT2D eigenvalue weighted by atomic mass is 16.3. The number of unbranched alkanes of at least 4 members (excludes halogenated alkanes) is 4. The standard InChI is InChI=1S/C11H22O2/c1-2-3-4-5-8-11(13)9-6-7-10-12/h10-11,13H,2-9H2,1H3. The van der Waals surface area contributed by atoms with Gasteiger partial charge in [0.15, 0.2) is 0 Å². The van der Waals surface area contributed by atoms with Crippen molar-refractivity contribution in [2.24, 2.45) is 0 Å². The molecule has 1 atom stereocenters. The number of rotatable bonds is 9. The Kier molecular flexibility index (Phi) is 9.44. The number of aliphatic hydroxyl groups is 1. The molecule has 0 saturated carbocycles. The lowest BCUT2D eigenvalue weighted by atomic mass is 10.0. The van der Waals surface area contributed by atoms with Crippen LogP contribution in [0.15, 0.2) is 0 Å². The summed E-state index contributed by atoms with van der Waals surface area (Å²) in [7, 11) is 0. The van der Waals surface area contributed by atoms with Gasteiger partial charge in [0, 0.05) is 6.42 Å². The first-order chi connectivity index (χ1) is 6.31. The summed E-state index contributed by atoms with van der Waals surface area (Å²) in [6.07, 6.45) is 8.69. The number of carbonyl (C=O) groups is 1. The van der Waals surface area contributed by atoms with Crippen molar-refractivity contribution in [1.82, 2.24) is 0 Å². The average molecular weight is 186 g/mol. The van der Waals surface area contributed by atoms with Crippen LogP contribution in [0.3, 0.4) is 0 Å². The molecule has 0 aromatic carbocycles. The first-order valence-corrected chi connectivity index (χ1v) is 5.43. The van der Waals surface area contributed by atoms with Crippen LogP contribution in [0.5, 0.6) is 0 Å². The SMILES string of the molecule is CCCCCCC(O)CCCC=O. The Morgan fingerprint density at radius 3 is 2.46 bits per heavy atom. The molecular weight excluding hydrogens is 164 g/mol. The van der Waals surface area contributed by atoms with Gasteiger partial charge in [-0.3, -0.25) is 0 Å². The maximum atomic E-state index is 10.0. The first-order valence-electron chi connectivity index (χ1n) is 5.43. The third-order valence-electron chi connectivity index (χ3n) is 2.25. The highest BCUT2D eigenvalue weighted by Crippen LogP contribution is 2.09. The van der Waals surface area contributed by atoms with Crippen LogP contribution >= 0.6 is 0 Å². The molecular formula is C11H22O2. The summed E-state index contributed by atoms with van der Waals surface area (Å²) in [5.41, 5.74) is 0. The van der Waals surface area contributed by atoms with Crippen LogP contribution in [0.25, 0.3) is 0 Å². The molecule has 0 saturated heterocycles. The second-order valence-electron chi connectivity index (χ2n) is 3.60. The number of aliphatic hydroxyl groups excluding tert-OH is 1. The van der Waals surface area contributed by atoms with E-state index in [0.717, 1.165) is 32.0 Å². The smallest absolute Gasteiger partial charge is 0.119 e. The quantitative estimate of drug-likeness (QED) is 0.444. The van der Waals surface area contributed by atoms with E-state index in [4.69, 9.17) is 0 Å². The van der Waals surface area contributed by atoms with Crippen LogP contribution in [0, 0.1) is 0 Å². The van der Waals surface area contributed by atoms with E-state index in [1.54, 1.807) is 0 Å². The largest absolute Gasteiger partial charge is 0.393 e. The molecule has 2 heteroatoms. The van der Waals surface area contributed by atoms with E-state index in [1.165, 1.54) is 19.3 Å². The van der Waals surface area contributed by atoms with E-state index in [-0.39, 0.29) is 6.10 Å². The monoisotopic (exact) mass is 186 g/mol. The first kappa shape index (κ1) is 12.6. The molecule has 2 nitrogen and oxygen atoms in total. The summed E-state index contributed by atoms with van der Waals surface area (Å²) in [5.74, 6) is 0. The van der Waals surface area contributed by atoms with Crippen molar-refractivity contribution in [2.45, 2.75) is 64.4 Å². The summed E-state index contributed by atoms with van der Waals surface area (Å²) in [6, 6.07) is 0. The van der Waals surface area contributed by atoms with Gasteiger partial charge < -0.3 is 9.90 Å². The summed E-state index contributed by atoms with van der Waals surface area (Å²) < 4.78 is 0. The van der Waals surface area contributed by atoms with Crippen molar-refractivity contribution in [3.05, 3.63) is 0 Å². The van der Waals surface area contributed by atoms with E-state index >= 15 is 0 Å². The zero-order chi connectivity index (χ0) is 9.94. The molecule has 78 valence electrons. The average Bonchev–Trinajstić information content (AvgIpc) is 2.13. The minimum absolute atomic E-state index is 0.184.